The maximum absolute atomic E-state index is 14.7. The van der Waals surface area contributed by atoms with Crippen LogP contribution in [0.5, 0.6) is 0 Å². The number of aromatic nitrogens is 1. The Kier molecular flexibility index (Phi) is 6.41. The van der Waals surface area contributed by atoms with Crippen LogP contribution in [0.2, 0.25) is 0 Å². The average Bonchev–Trinajstić information content (AvgIpc) is 3.54. The van der Waals surface area contributed by atoms with Gasteiger partial charge in [0.05, 0.1) is 39.1 Å². The molecule has 0 bridgehead atoms. The topological polar surface area (TPSA) is 42.3 Å². The van der Waals surface area contributed by atoms with E-state index in [1.165, 1.54) is 11.0 Å². The number of imide groups is 1. The number of benzene rings is 6. The number of nitrogens with zero attached hydrogens (tertiary/aromatic N) is 2. The van der Waals surface area contributed by atoms with Gasteiger partial charge in [-0.2, -0.15) is 13.2 Å². The van der Waals surface area contributed by atoms with Gasteiger partial charge in [0.25, 0.3) is 11.8 Å². The largest absolute Gasteiger partial charge is 0.416 e. The van der Waals surface area contributed by atoms with E-state index in [1.807, 2.05) is 104 Å². The van der Waals surface area contributed by atoms with Crippen LogP contribution >= 0.6 is 0 Å². The van der Waals surface area contributed by atoms with E-state index in [-0.39, 0.29) is 11.1 Å². The zero-order chi connectivity index (χ0) is 32.4. The lowest BCUT2D eigenvalue weighted by Gasteiger charge is -2.23. The average molecular weight is 623 g/mol. The lowest BCUT2D eigenvalue weighted by molar-refractivity contribution is -0.137. The van der Waals surface area contributed by atoms with Gasteiger partial charge in [-0.3, -0.25) is 9.59 Å². The molecule has 6 aromatic carbocycles. The number of aryl methyl sites for hydroxylation is 1. The number of hydrogen-bond donors (Lipinski definition) is 0. The smallest absolute Gasteiger partial charge is 0.308 e. The van der Waals surface area contributed by atoms with Crippen LogP contribution in [0, 0.1) is 6.92 Å². The number of alkyl halides is 3. The molecule has 0 radical (unpaired) electrons. The fraction of sp³-hybridized carbons (Fsp3) is 0.0500. The van der Waals surface area contributed by atoms with Crippen LogP contribution in [0.15, 0.2) is 133 Å². The van der Waals surface area contributed by atoms with E-state index in [0.717, 1.165) is 39.9 Å². The zero-order valence-corrected chi connectivity index (χ0v) is 25.0. The number of hydrogen-bond acceptors (Lipinski definition) is 2. The van der Waals surface area contributed by atoms with Gasteiger partial charge in [-0.1, -0.05) is 96.6 Å². The molecule has 0 N–H and O–H groups in total. The first-order chi connectivity index (χ1) is 22.7. The van der Waals surface area contributed by atoms with Gasteiger partial charge in [0.2, 0.25) is 0 Å². The van der Waals surface area contributed by atoms with Gasteiger partial charge < -0.3 is 4.57 Å². The zero-order valence-electron chi connectivity index (χ0n) is 25.0. The molecule has 1 aliphatic rings. The molecule has 0 aliphatic carbocycles. The number of carbonyl (C=O) groups excluding carboxylic acids is 2. The Morgan fingerprint density at radius 1 is 0.553 bits per heavy atom. The third-order valence-corrected chi connectivity index (χ3v) is 8.81. The number of para-hydroxylation sites is 1. The standard InChI is InChI=1S/C40H25F3N2O2/c1-24-18-20-33-31(22-24)32-23-27(40(41,42)43)19-21-34(32)44(33)35-17-9-16-30-36(35)39(47)45(38(30)46)37-28(25-10-4-2-5-11-25)14-8-15-29(37)26-12-6-3-7-13-26/h2-23H,1H3. The van der Waals surface area contributed by atoms with E-state index in [9.17, 15) is 22.8 Å². The van der Waals surface area contributed by atoms with Crippen molar-refractivity contribution in [3.05, 3.63) is 156 Å². The molecule has 228 valence electrons. The summed E-state index contributed by atoms with van der Waals surface area (Å²) in [5, 5.41) is 1.03. The second-order valence-corrected chi connectivity index (χ2v) is 11.7. The minimum atomic E-state index is -4.52. The van der Waals surface area contributed by atoms with Crippen LogP contribution in [-0.4, -0.2) is 16.4 Å². The molecule has 0 saturated heterocycles. The van der Waals surface area contributed by atoms with Crippen molar-refractivity contribution in [3.63, 3.8) is 0 Å². The molecule has 1 aromatic heterocycles. The molecular formula is C40H25F3N2O2. The van der Waals surface area contributed by atoms with Crippen LogP contribution in [-0.2, 0) is 6.18 Å². The summed E-state index contributed by atoms with van der Waals surface area (Å²) in [5.41, 5.74) is 5.69. The predicted octanol–water partition coefficient (Wildman–Crippen LogP) is 10.2. The molecule has 0 unspecified atom stereocenters. The molecular weight excluding hydrogens is 597 g/mol. The van der Waals surface area contributed by atoms with Gasteiger partial charge in [0.15, 0.2) is 0 Å². The summed E-state index contributed by atoms with van der Waals surface area (Å²) in [4.78, 5) is 30.4. The van der Waals surface area contributed by atoms with Crippen molar-refractivity contribution in [3.8, 4) is 27.9 Å². The number of amides is 2. The van der Waals surface area contributed by atoms with E-state index >= 15 is 0 Å². The Balaban J connectivity index is 1.38. The SMILES string of the molecule is Cc1ccc2c(c1)c1cc(C(F)(F)F)ccc1n2-c1cccc2c1C(=O)N(c1c(-c3ccccc3)cccc1-c1ccccc1)C2=O. The number of rotatable bonds is 4. The number of fused-ring (bicyclic) bond motifs is 4. The maximum Gasteiger partial charge on any atom is 0.416 e. The third-order valence-electron chi connectivity index (χ3n) is 8.81. The predicted molar refractivity (Wildman–Crippen MR) is 179 cm³/mol. The first kappa shape index (κ1) is 28.5. The minimum Gasteiger partial charge on any atom is -0.308 e. The highest BCUT2D eigenvalue weighted by molar-refractivity contribution is 6.37. The Labute approximate surface area is 267 Å². The summed E-state index contributed by atoms with van der Waals surface area (Å²) in [6.07, 6.45) is -4.52. The van der Waals surface area contributed by atoms with Gasteiger partial charge in [0.1, 0.15) is 0 Å². The van der Waals surface area contributed by atoms with E-state index in [2.05, 4.69) is 0 Å². The molecule has 4 nitrogen and oxygen atoms in total. The molecule has 1 aliphatic heterocycles. The highest BCUT2D eigenvalue weighted by Gasteiger charge is 2.41. The summed E-state index contributed by atoms with van der Waals surface area (Å²) in [6.45, 7) is 1.88. The molecule has 0 fully saturated rings. The second kappa shape index (κ2) is 10.6. The first-order valence-electron chi connectivity index (χ1n) is 15.1. The van der Waals surface area contributed by atoms with Crippen LogP contribution in [0.1, 0.15) is 31.8 Å². The Hall–Kier alpha value is -5.95. The van der Waals surface area contributed by atoms with E-state index in [4.69, 9.17) is 0 Å². The Morgan fingerprint density at radius 2 is 1.11 bits per heavy atom. The van der Waals surface area contributed by atoms with Crippen molar-refractivity contribution in [2.45, 2.75) is 13.1 Å². The highest BCUT2D eigenvalue weighted by atomic mass is 19.4. The van der Waals surface area contributed by atoms with Crippen molar-refractivity contribution in [2.75, 3.05) is 4.90 Å². The van der Waals surface area contributed by atoms with Crippen molar-refractivity contribution >= 4 is 39.3 Å². The van der Waals surface area contributed by atoms with Gasteiger partial charge >= 0.3 is 6.18 Å². The monoisotopic (exact) mass is 622 g/mol. The summed E-state index contributed by atoms with van der Waals surface area (Å²) in [7, 11) is 0. The van der Waals surface area contributed by atoms with E-state index < -0.39 is 23.6 Å². The molecule has 8 rings (SSSR count). The normalized spacial score (nSPS) is 13.1. The number of anilines is 1. The Morgan fingerprint density at radius 3 is 1.72 bits per heavy atom. The minimum absolute atomic E-state index is 0.193. The summed E-state index contributed by atoms with van der Waals surface area (Å²) in [6, 6.07) is 39.2. The van der Waals surface area contributed by atoms with Crippen LogP contribution in [0.4, 0.5) is 18.9 Å². The lowest BCUT2D eigenvalue weighted by atomic mass is 9.95. The van der Waals surface area contributed by atoms with E-state index in [0.29, 0.717) is 33.2 Å². The van der Waals surface area contributed by atoms with Crippen LogP contribution in [0.25, 0.3) is 49.7 Å². The van der Waals surface area contributed by atoms with Gasteiger partial charge in [-0.25, -0.2) is 4.90 Å². The van der Waals surface area contributed by atoms with E-state index in [1.54, 1.807) is 22.8 Å². The van der Waals surface area contributed by atoms with Gasteiger partial charge in [0, 0.05) is 21.9 Å². The quantitative estimate of drug-likeness (QED) is 0.183. The van der Waals surface area contributed by atoms with Crippen molar-refractivity contribution in [2.24, 2.45) is 0 Å². The Bertz CT molecular complexity index is 2340. The van der Waals surface area contributed by atoms with Crippen molar-refractivity contribution in [1.82, 2.24) is 4.57 Å². The molecule has 2 heterocycles. The molecule has 0 atom stereocenters. The number of carbonyl (C=O) groups is 2. The van der Waals surface area contributed by atoms with Crippen molar-refractivity contribution in [1.29, 1.82) is 0 Å². The third kappa shape index (κ3) is 4.46. The number of halogens is 3. The summed E-state index contributed by atoms with van der Waals surface area (Å²) in [5.74, 6) is -0.974. The fourth-order valence-corrected chi connectivity index (χ4v) is 6.72. The fourth-order valence-electron chi connectivity index (χ4n) is 6.72. The maximum atomic E-state index is 14.7. The highest BCUT2D eigenvalue weighted by Crippen LogP contribution is 2.45. The first-order valence-corrected chi connectivity index (χ1v) is 15.1. The van der Waals surface area contributed by atoms with Crippen molar-refractivity contribution < 1.29 is 22.8 Å². The molecule has 47 heavy (non-hydrogen) atoms. The molecule has 0 spiro atoms. The molecule has 0 saturated carbocycles. The van der Waals surface area contributed by atoms with Crippen LogP contribution in [0.3, 0.4) is 0 Å². The lowest BCUT2D eigenvalue weighted by Crippen LogP contribution is -2.30. The summed E-state index contributed by atoms with van der Waals surface area (Å²) >= 11 is 0. The molecule has 2 amide bonds. The van der Waals surface area contributed by atoms with Gasteiger partial charge in [-0.15, -0.1) is 0 Å². The van der Waals surface area contributed by atoms with Crippen LogP contribution < -0.4 is 4.90 Å². The second-order valence-electron chi connectivity index (χ2n) is 11.7. The molecule has 7 aromatic rings. The summed E-state index contributed by atoms with van der Waals surface area (Å²) < 4.78 is 43.2. The molecule has 7 heteroatoms. The van der Waals surface area contributed by atoms with Gasteiger partial charge in [-0.05, 0) is 60.5 Å².